The molecule has 0 fully saturated rings. The molecule has 7 heteroatoms. The number of benzene rings is 3. The number of aryl methyl sites for hydroxylation is 4. The number of nitrogens with one attached hydrogen (secondary N) is 1. The molecule has 0 bridgehead atoms. The zero-order valence-corrected chi connectivity index (χ0v) is 19.3. The summed E-state index contributed by atoms with van der Waals surface area (Å²) in [7, 11) is 0. The first kappa shape index (κ1) is 21.8. The number of fused-ring (bicyclic) bond motifs is 1. The number of ether oxygens (including phenoxy) is 1. The fourth-order valence-corrected chi connectivity index (χ4v) is 3.97. The molecule has 0 spiro atoms. The number of carbonyl (C=O) groups is 1. The summed E-state index contributed by atoms with van der Waals surface area (Å²) in [6, 6.07) is 15.7. The summed E-state index contributed by atoms with van der Waals surface area (Å²) in [5, 5.41) is 12.6. The van der Waals surface area contributed by atoms with Crippen LogP contribution in [0.5, 0.6) is 5.75 Å². The third kappa shape index (κ3) is 4.60. The highest BCUT2D eigenvalue weighted by atomic mass is 35.5. The van der Waals surface area contributed by atoms with E-state index < -0.39 is 0 Å². The van der Waals surface area contributed by atoms with Crippen molar-refractivity contribution in [2.75, 3.05) is 11.9 Å². The normalized spacial score (nSPS) is 11.0. The van der Waals surface area contributed by atoms with E-state index in [1.165, 1.54) is 5.56 Å². The van der Waals surface area contributed by atoms with Crippen LogP contribution < -0.4 is 10.1 Å². The number of rotatable bonds is 6. The van der Waals surface area contributed by atoms with Gasteiger partial charge in [0.2, 0.25) is 0 Å². The van der Waals surface area contributed by atoms with Gasteiger partial charge in [0.1, 0.15) is 16.8 Å². The van der Waals surface area contributed by atoms with E-state index in [0.29, 0.717) is 22.0 Å². The topological polar surface area (TPSA) is 69.0 Å². The van der Waals surface area contributed by atoms with Crippen LogP contribution in [-0.2, 0) is 11.2 Å². The number of halogens is 1. The summed E-state index contributed by atoms with van der Waals surface area (Å²) in [5.41, 5.74) is 7.11. The third-order valence-electron chi connectivity index (χ3n) is 5.30. The smallest absolute Gasteiger partial charge is 0.262 e. The van der Waals surface area contributed by atoms with Gasteiger partial charge in [-0.3, -0.25) is 4.79 Å². The zero-order chi connectivity index (χ0) is 22.8. The largest absolute Gasteiger partial charge is 0.482 e. The number of nitrogens with zero attached hydrogens (tertiary/aromatic N) is 3. The number of carbonyl (C=O) groups excluding carboxylic acids is 1. The van der Waals surface area contributed by atoms with Crippen molar-refractivity contribution >= 4 is 34.2 Å². The molecule has 0 saturated heterocycles. The molecule has 4 aromatic rings. The average Bonchev–Trinajstić information content (AvgIpc) is 3.16. The lowest BCUT2D eigenvalue weighted by molar-refractivity contribution is -0.118. The molecule has 0 aliphatic rings. The second-order valence-electron chi connectivity index (χ2n) is 7.89. The summed E-state index contributed by atoms with van der Waals surface area (Å²) in [4.78, 5) is 14.1. The van der Waals surface area contributed by atoms with Crippen LogP contribution in [-0.4, -0.2) is 27.5 Å². The highest BCUT2D eigenvalue weighted by Crippen LogP contribution is 2.30. The van der Waals surface area contributed by atoms with Crippen molar-refractivity contribution in [2.24, 2.45) is 0 Å². The molecule has 32 heavy (non-hydrogen) atoms. The highest BCUT2D eigenvalue weighted by Gasteiger charge is 2.13. The first-order chi connectivity index (χ1) is 15.3. The van der Waals surface area contributed by atoms with Crippen LogP contribution in [0.15, 0.2) is 48.5 Å². The first-order valence-corrected chi connectivity index (χ1v) is 10.9. The van der Waals surface area contributed by atoms with E-state index in [-0.39, 0.29) is 12.5 Å². The van der Waals surface area contributed by atoms with E-state index in [9.17, 15) is 4.79 Å². The van der Waals surface area contributed by atoms with Crippen molar-refractivity contribution < 1.29 is 9.53 Å². The summed E-state index contributed by atoms with van der Waals surface area (Å²) in [6.07, 6.45) is 0.983. The summed E-state index contributed by atoms with van der Waals surface area (Å²) in [6.45, 7) is 7.77. The minimum atomic E-state index is -0.272. The van der Waals surface area contributed by atoms with Crippen molar-refractivity contribution in [3.63, 3.8) is 0 Å². The maximum Gasteiger partial charge on any atom is 0.262 e. The zero-order valence-electron chi connectivity index (χ0n) is 18.6. The SMILES string of the molecule is CCc1ccc(-n2nc3cc(C)c(NC(=O)COc4c(C)cc(C)cc4Cl)cc3n2)cc1. The molecule has 1 heterocycles. The Labute approximate surface area is 192 Å². The Morgan fingerprint density at radius 2 is 1.69 bits per heavy atom. The van der Waals surface area contributed by atoms with Crippen LogP contribution in [0.1, 0.15) is 29.2 Å². The molecule has 3 aromatic carbocycles. The van der Waals surface area contributed by atoms with Gasteiger partial charge in [-0.15, -0.1) is 10.2 Å². The van der Waals surface area contributed by atoms with E-state index in [1.807, 2.05) is 57.2 Å². The fourth-order valence-electron chi connectivity index (χ4n) is 3.59. The summed E-state index contributed by atoms with van der Waals surface area (Å²) >= 11 is 6.26. The molecule has 4 rings (SSSR count). The van der Waals surface area contributed by atoms with Gasteiger partial charge in [-0.05, 0) is 79.8 Å². The van der Waals surface area contributed by atoms with E-state index in [1.54, 1.807) is 4.80 Å². The minimum absolute atomic E-state index is 0.141. The number of anilines is 1. The van der Waals surface area contributed by atoms with E-state index >= 15 is 0 Å². The highest BCUT2D eigenvalue weighted by molar-refractivity contribution is 6.32. The molecular formula is C25H25ClN4O2. The number of hydrogen-bond acceptors (Lipinski definition) is 4. The average molecular weight is 449 g/mol. The van der Waals surface area contributed by atoms with Gasteiger partial charge in [-0.25, -0.2) is 0 Å². The van der Waals surface area contributed by atoms with Crippen LogP contribution >= 0.6 is 11.6 Å². The van der Waals surface area contributed by atoms with Gasteiger partial charge in [0.05, 0.1) is 10.7 Å². The van der Waals surface area contributed by atoms with Crippen LogP contribution in [0.3, 0.4) is 0 Å². The monoisotopic (exact) mass is 448 g/mol. The van der Waals surface area contributed by atoms with Crippen LogP contribution in [0.25, 0.3) is 16.7 Å². The molecule has 0 aliphatic carbocycles. The van der Waals surface area contributed by atoms with Crippen molar-refractivity contribution in [3.8, 4) is 11.4 Å². The molecule has 1 N–H and O–H groups in total. The standard InChI is InChI=1S/C25H25ClN4O2/c1-5-18-6-8-19(9-7-18)30-28-22-12-16(3)21(13-23(22)29-30)27-24(31)14-32-25-17(4)10-15(2)11-20(25)26/h6-13H,5,14H2,1-4H3,(H,27,31). The lowest BCUT2D eigenvalue weighted by atomic mass is 10.1. The van der Waals surface area contributed by atoms with E-state index in [0.717, 1.165) is 34.3 Å². The Bertz CT molecular complexity index is 1270. The molecule has 6 nitrogen and oxygen atoms in total. The lowest BCUT2D eigenvalue weighted by Crippen LogP contribution is -2.21. The van der Waals surface area contributed by atoms with E-state index in [4.69, 9.17) is 16.3 Å². The van der Waals surface area contributed by atoms with E-state index in [2.05, 4.69) is 34.6 Å². The van der Waals surface area contributed by atoms with Gasteiger partial charge in [0.15, 0.2) is 6.61 Å². The van der Waals surface area contributed by atoms with Gasteiger partial charge in [0, 0.05) is 5.69 Å². The predicted octanol–water partition coefficient (Wildman–Crippen LogP) is 5.58. The van der Waals surface area contributed by atoms with Gasteiger partial charge in [0.25, 0.3) is 5.91 Å². The number of amides is 1. The van der Waals surface area contributed by atoms with Gasteiger partial charge in [-0.1, -0.05) is 36.7 Å². The minimum Gasteiger partial charge on any atom is -0.482 e. The Balaban J connectivity index is 1.50. The number of hydrogen-bond donors (Lipinski definition) is 1. The molecule has 1 aromatic heterocycles. The van der Waals surface area contributed by atoms with Crippen LogP contribution in [0.4, 0.5) is 5.69 Å². The molecular weight excluding hydrogens is 424 g/mol. The molecule has 0 aliphatic heterocycles. The molecule has 1 amide bonds. The third-order valence-corrected chi connectivity index (χ3v) is 5.58. The molecule has 0 saturated carbocycles. The maximum absolute atomic E-state index is 12.5. The van der Waals surface area contributed by atoms with Gasteiger partial charge < -0.3 is 10.1 Å². The van der Waals surface area contributed by atoms with Crippen LogP contribution in [0, 0.1) is 20.8 Å². The Kier molecular flexibility index (Phi) is 6.15. The fraction of sp³-hybridized carbons (Fsp3) is 0.240. The Morgan fingerprint density at radius 3 is 2.34 bits per heavy atom. The maximum atomic E-state index is 12.5. The quantitative estimate of drug-likeness (QED) is 0.418. The second-order valence-corrected chi connectivity index (χ2v) is 8.30. The van der Waals surface area contributed by atoms with Crippen LogP contribution in [0.2, 0.25) is 5.02 Å². The first-order valence-electron chi connectivity index (χ1n) is 10.5. The molecule has 164 valence electrons. The van der Waals surface area contributed by atoms with Gasteiger partial charge in [-0.2, -0.15) is 4.80 Å². The summed E-state index contributed by atoms with van der Waals surface area (Å²) < 4.78 is 5.69. The second kappa shape index (κ2) is 9.01. The summed E-state index contributed by atoms with van der Waals surface area (Å²) in [5.74, 6) is 0.252. The lowest BCUT2D eigenvalue weighted by Gasteiger charge is -2.13. The van der Waals surface area contributed by atoms with Crippen molar-refractivity contribution in [2.45, 2.75) is 34.1 Å². The number of aromatic nitrogens is 3. The Morgan fingerprint density at radius 1 is 1.00 bits per heavy atom. The predicted molar refractivity (Wildman–Crippen MR) is 128 cm³/mol. The Hall–Kier alpha value is -3.38. The van der Waals surface area contributed by atoms with Gasteiger partial charge >= 0.3 is 0 Å². The van der Waals surface area contributed by atoms with Crippen molar-refractivity contribution in [1.29, 1.82) is 0 Å². The van der Waals surface area contributed by atoms with Crippen molar-refractivity contribution in [3.05, 3.63) is 75.8 Å². The van der Waals surface area contributed by atoms with Crippen molar-refractivity contribution in [1.82, 2.24) is 15.0 Å². The molecule has 0 atom stereocenters. The molecule has 0 unspecified atom stereocenters. The molecule has 0 radical (unpaired) electrons.